The minimum atomic E-state index is -0.939. The minimum absolute atomic E-state index is 0.249. The van der Waals surface area contributed by atoms with Gasteiger partial charge in [-0.3, -0.25) is 9.18 Å². The summed E-state index contributed by atoms with van der Waals surface area (Å²) in [6.45, 7) is 3.54. The summed E-state index contributed by atoms with van der Waals surface area (Å²) in [6, 6.07) is 16.8. The molecule has 30 heavy (non-hydrogen) atoms. The zero-order valence-corrected chi connectivity index (χ0v) is 17.3. The molecule has 3 amide bonds. The van der Waals surface area contributed by atoms with Crippen LogP contribution < -0.4 is 4.90 Å². The fourth-order valence-corrected chi connectivity index (χ4v) is 3.99. The SMILES string of the molecule is CC1(C)C(=O)N(c2ccc(CCF)cc2)C(=O)N1CC1=CC=C(c2ccccc2)C1. The Hall–Kier alpha value is -3.21. The van der Waals surface area contributed by atoms with Crippen molar-refractivity contribution < 1.29 is 14.0 Å². The number of allylic oxidation sites excluding steroid dienone is 3. The third-order valence-electron chi connectivity index (χ3n) is 5.84. The number of aryl methyl sites for hydroxylation is 1. The van der Waals surface area contributed by atoms with Gasteiger partial charge in [0.05, 0.1) is 12.4 Å². The molecule has 2 aromatic carbocycles. The zero-order valence-electron chi connectivity index (χ0n) is 17.3. The van der Waals surface area contributed by atoms with Crippen LogP contribution in [0.15, 0.2) is 72.3 Å². The van der Waals surface area contributed by atoms with Gasteiger partial charge >= 0.3 is 6.03 Å². The molecule has 4 rings (SSSR count). The van der Waals surface area contributed by atoms with Crippen molar-refractivity contribution in [2.45, 2.75) is 32.2 Å². The minimum Gasteiger partial charge on any atom is -0.306 e. The van der Waals surface area contributed by atoms with E-state index in [9.17, 15) is 14.0 Å². The van der Waals surface area contributed by atoms with Crippen LogP contribution >= 0.6 is 0 Å². The second-order valence-electron chi connectivity index (χ2n) is 8.23. The number of hydrogen-bond donors (Lipinski definition) is 0. The van der Waals surface area contributed by atoms with Crippen LogP contribution in [0.25, 0.3) is 5.57 Å². The van der Waals surface area contributed by atoms with Gasteiger partial charge in [0.25, 0.3) is 5.91 Å². The molecular formula is C25H25FN2O2. The lowest BCUT2D eigenvalue weighted by Gasteiger charge is -2.28. The highest BCUT2D eigenvalue weighted by atomic mass is 19.1. The number of nitrogens with zero attached hydrogens (tertiary/aromatic N) is 2. The van der Waals surface area contributed by atoms with E-state index in [1.165, 1.54) is 16.0 Å². The first-order valence-corrected chi connectivity index (χ1v) is 10.2. The first kappa shape index (κ1) is 20.1. The summed E-state index contributed by atoms with van der Waals surface area (Å²) in [5.74, 6) is -0.249. The molecule has 4 nitrogen and oxygen atoms in total. The molecular weight excluding hydrogens is 379 g/mol. The Morgan fingerprint density at radius 3 is 2.33 bits per heavy atom. The Morgan fingerprint density at radius 1 is 0.967 bits per heavy atom. The summed E-state index contributed by atoms with van der Waals surface area (Å²) in [7, 11) is 0. The summed E-state index contributed by atoms with van der Waals surface area (Å²) >= 11 is 0. The highest BCUT2D eigenvalue weighted by Crippen LogP contribution is 2.35. The molecule has 0 N–H and O–H groups in total. The van der Waals surface area contributed by atoms with Gasteiger partial charge in [0.1, 0.15) is 5.54 Å². The third-order valence-corrected chi connectivity index (χ3v) is 5.84. The predicted molar refractivity (Wildman–Crippen MR) is 117 cm³/mol. The van der Waals surface area contributed by atoms with Crippen molar-refractivity contribution in [3.05, 3.63) is 83.4 Å². The summed E-state index contributed by atoms with van der Waals surface area (Å²) in [6.07, 6.45) is 5.21. The maximum atomic E-state index is 13.2. The van der Waals surface area contributed by atoms with Crippen LogP contribution in [0.1, 0.15) is 31.4 Å². The van der Waals surface area contributed by atoms with Gasteiger partial charge in [0.15, 0.2) is 0 Å². The number of rotatable bonds is 6. The monoisotopic (exact) mass is 404 g/mol. The van der Waals surface area contributed by atoms with Gasteiger partial charge in [0, 0.05) is 13.0 Å². The molecule has 0 atom stereocenters. The van der Waals surface area contributed by atoms with E-state index in [0.717, 1.165) is 17.6 Å². The van der Waals surface area contributed by atoms with Crippen LogP contribution in [0.3, 0.4) is 0 Å². The average Bonchev–Trinajstić information content (AvgIpc) is 3.28. The van der Waals surface area contributed by atoms with Crippen LogP contribution in [0.4, 0.5) is 14.9 Å². The van der Waals surface area contributed by atoms with E-state index in [0.29, 0.717) is 18.7 Å². The second kappa shape index (κ2) is 7.90. The number of amides is 3. The maximum absolute atomic E-state index is 13.2. The van der Waals surface area contributed by atoms with Gasteiger partial charge in [-0.1, -0.05) is 54.6 Å². The van der Waals surface area contributed by atoms with Crippen molar-refractivity contribution in [2.75, 3.05) is 18.1 Å². The first-order chi connectivity index (χ1) is 14.4. The summed E-state index contributed by atoms with van der Waals surface area (Å²) in [4.78, 5) is 29.2. The van der Waals surface area contributed by atoms with Crippen LogP contribution in [-0.4, -0.2) is 35.6 Å². The van der Waals surface area contributed by atoms with E-state index < -0.39 is 12.2 Å². The number of imide groups is 1. The average molecular weight is 404 g/mol. The van der Waals surface area contributed by atoms with Crippen molar-refractivity contribution >= 4 is 23.2 Å². The van der Waals surface area contributed by atoms with Gasteiger partial charge in [0.2, 0.25) is 0 Å². The first-order valence-electron chi connectivity index (χ1n) is 10.2. The lowest BCUT2D eigenvalue weighted by molar-refractivity contribution is -0.123. The van der Waals surface area contributed by atoms with Crippen molar-refractivity contribution in [1.29, 1.82) is 0 Å². The fourth-order valence-electron chi connectivity index (χ4n) is 3.99. The molecule has 1 aliphatic heterocycles. The summed E-state index contributed by atoms with van der Waals surface area (Å²) in [5, 5.41) is 0. The molecule has 0 spiro atoms. The van der Waals surface area contributed by atoms with E-state index in [2.05, 4.69) is 18.2 Å². The number of urea groups is 1. The lowest BCUT2D eigenvalue weighted by Crippen LogP contribution is -2.45. The molecule has 0 saturated carbocycles. The Bertz CT molecular complexity index is 1020. The molecule has 0 unspecified atom stereocenters. The highest BCUT2D eigenvalue weighted by molar-refractivity contribution is 6.23. The van der Waals surface area contributed by atoms with Gasteiger partial charge in [-0.25, -0.2) is 9.69 Å². The second-order valence-corrected chi connectivity index (χ2v) is 8.23. The number of alkyl halides is 1. The van der Waals surface area contributed by atoms with Crippen molar-refractivity contribution in [3.8, 4) is 0 Å². The highest BCUT2D eigenvalue weighted by Gasteiger charge is 2.51. The Balaban J connectivity index is 1.50. The van der Waals surface area contributed by atoms with Crippen molar-refractivity contribution in [2.24, 2.45) is 0 Å². The van der Waals surface area contributed by atoms with Gasteiger partial charge < -0.3 is 4.90 Å². The molecule has 5 heteroatoms. The van der Waals surface area contributed by atoms with Crippen molar-refractivity contribution in [1.82, 2.24) is 4.90 Å². The van der Waals surface area contributed by atoms with E-state index in [4.69, 9.17) is 0 Å². The predicted octanol–water partition coefficient (Wildman–Crippen LogP) is 5.16. The Kier molecular flexibility index (Phi) is 5.29. The maximum Gasteiger partial charge on any atom is 0.332 e. The number of hydrogen-bond acceptors (Lipinski definition) is 2. The molecule has 1 aliphatic carbocycles. The van der Waals surface area contributed by atoms with E-state index >= 15 is 0 Å². The standard InChI is InChI=1S/C25H25FN2O2/c1-25(2)23(29)28(22-12-9-18(10-13-22)14-15-26)24(30)27(25)17-19-8-11-21(16-19)20-6-4-3-5-7-20/h3-13H,14-17H2,1-2H3. The largest absolute Gasteiger partial charge is 0.332 e. The molecule has 0 bridgehead atoms. The molecule has 2 aliphatic rings. The Morgan fingerprint density at radius 2 is 1.67 bits per heavy atom. The third kappa shape index (κ3) is 3.56. The zero-order chi connectivity index (χ0) is 21.3. The number of halogens is 1. The quantitative estimate of drug-likeness (QED) is 0.624. The number of carbonyl (C=O) groups is 2. The number of carbonyl (C=O) groups excluding carboxylic acids is 2. The van der Waals surface area contributed by atoms with Gasteiger partial charge in [-0.05, 0) is 54.7 Å². The van der Waals surface area contributed by atoms with E-state index in [-0.39, 0.29) is 11.9 Å². The molecule has 0 aromatic heterocycles. The van der Waals surface area contributed by atoms with Crippen LogP contribution in [0.5, 0.6) is 0 Å². The number of benzene rings is 2. The van der Waals surface area contributed by atoms with E-state index in [1.54, 1.807) is 43.0 Å². The molecule has 1 fully saturated rings. The van der Waals surface area contributed by atoms with Gasteiger partial charge in [-0.15, -0.1) is 0 Å². The summed E-state index contributed by atoms with van der Waals surface area (Å²) < 4.78 is 12.6. The Labute approximate surface area is 176 Å². The van der Waals surface area contributed by atoms with Crippen molar-refractivity contribution in [3.63, 3.8) is 0 Å². The molecule has 154 valence electrons. The fraction of sp³-hybridized carbons (Fsp3) is 0.280. The molecule has 1 saturated heterocycles. The lowest BCUT2D eigenvalue weighted by atomic mass is 10.0. The molecule has 2 aromatic rings. The van der Waals surface area contributed by atoms with Crippen LogP contribution in [-0.2, 0) is 11.2 Å². The van der Waals surface area contributed by atoms with Crippen LogP contribution in [0.2, 0.25) is 0 Å². The van der Waals surface area contributed by atoms with Crippen LogP contribution in [0, 0.1) is 0 Å². The molecule has 1 heterocycles. The van der Waals surface area contributed by atoms with E-state index in [1.807, 2.05) is 24.3 Å². The van der Waals surface area contributed by atoms with Gasteiger partial charge in [-0.2, -0.15) is 0 Å². The topological polar surface area (TPSA) is 40.6 Å². The molecule has 0 radical (unpaired) electrons. The smallest absolute Gasteiger partial charge is 0.306 e. The number of anilines is 1. The normalized spacial score (nSPS) is 18.1. The summed E-state index contributed by atoms with van der Waals surface area (Å²) in [5.41, 5.74) is 3.90.